The van der Waals surface area contributed by atoms with E-state index in [9.17, 15) is 15.2 Å². The molecule has 1 aromatic heterocycles. The molecule has 1 N–H and O–H groups in total. The summed E-state index contributed by atoms with van der Waals surface area (Å²) < 4.78 is 10.8. The van der Waals surface area contributed by atoms with E-state index in [0.717, 1.165) is 36.6 Å². The molecule has 2 aliphatic rings. The quantitative estimate of drug-likeness (QED) is 0.758. The third-order valence-electron chi connectivity index (χ3n) is 6.47. The third kappa shape index (κ3) is 4.21. The minimum atomic E-state index is -0.543. The van der Waals surface area contributed by atoms with Gasteiger partial charge in [-0.05, 0) is 74.4 Å². The Kier molecular flexibility index (Phi) is 5.84. The molecule has 0 radical (unpaired) electrons. The molecule has 1 aliphatic carbocycles. The Balaban J connectivity index is 1.43. The highest BCUT2D eigenvalue weighted by molar-refractivity contribution is 5.89. The summed E-state index contributed by atoms with van der Waals surface area (Å²) in [5.74, 6) is 1.93. The summed E-state index contributed by atoms with van der Waals surface area (Å²) in [6.45, 7) is 5.52. The van der Waals surface area contributed by atoms with E-state index in [2.05, 4.69) is 16.0 Å². The highest BCUT2D eigenvalue weighted by Crippen LogP contribution is 2.39. The molecule has 7 nitrogen and oxygen atoms in total. The number of hydrogen-bond acceptors (Lipinski definition) is 7. The van der Waals surface area contributed by atoms with Gasteiger partial charge in [0.15, 0.2) is 0 Å². The molecular weight excluding hydrogens is 394 g/mol. The number of aliphatic hydroxyl groups excluding tert-OH is 1. The maximum Gasteiger partial charge on any atom is 0.337 e. The van der Waals surface area contributed by atoms with Crippen LogP contribution in [0.25, 0.3) is 0 Å². The first-order valence-corrected chi connectivity index (χ1v) is 10.6. The minimum absolute atomic E-state index is 0.289. The number of carbonyl (C=O) groups excluding carboxylic acids is 1. The second-order valence-corrected chi connectivity index (χ2v) is 8.51. The molecule has 1 saturated heterocycles. The average molecular weight is 421 g/mol. The fourth-order valence-corrected chi connectivity index (χ4v) is 4.81. The topological polar surface area (TPSA) is 95.7 Å². The molecule has 2 fully saturated rings. The van der Waals surface area contributed by atoms with Gasteiger partial charge in [-0.1, -0.05) is 0 Å². The highest BCUT2D eigenvalue weighted by atomic mass is 16.5. The van der Waals surface area contributed by atoms with Crippen LogP contribution < -0.4 is 9.64 Å². The minimum Gasteiger partial charge on any atom is -0.488 e. The number of nitrogens with zero attached hydrogens (tertiary/aromatic N) is 3. The van der Waals surface area contributed by atoms with E-state index in [-0.39, 0.29) is 12.1 Å². The number of benzene rings is 1. The average Bonchev–Trinajstić information content (AvgIpc) is 3.16. The zero-order valence-corrected chi connectivity index (χ0v) is 18.0. The van der Waals surface area contributed by atoms with Crippen LogP contribution in [0, 0.1) is 37.0 Å². The number of aromatic nitrogens is 1. The molecule has 4 rings (SSSR count). The lowest BCUT2D eigenvalue weighted by Crippen LogP contribution is -2.42. The largest absolute Gasteiger partial charge is 0.488 e. The van der Waals surface area contributed by atoms with Gasteiger partial charge in [-0.25, -0.2) is 9.78 Å². The summed E-state index contributed by atoms with van der Waals surface area (Å²) >= 11 is 0. The Morgan fingerprint density at radius 2 is 1.87 bits per heavy atom. The van der Waals surface area contributed by atoms with Crippen LogP contribution in [0.5, 0.6) is 5.75 Å². The van der Waals surface area contributed by atoms with Gasteiger partial charge in [0, 0.05) is 13.1 Å². The van der Waals surface area contributed by atoms with Gasteiger partial charge in [-0.15, -0.1) is 0 Å². The van der Waals surface area contributed by atoms with Gasteiger partial charge in [0.1, 0.15) is 23.7 Å². The number of methoxy groups -OCH3 is 1. The number of fused-ring (bicyclic) bond motifs is 1. The molecule has 1 aliphatic heterocycles. The maximum atomic E-state index is 11.6. The first-order chi connectivity index (χ1) is 14.9. The summed E-state index contributed by atoms with van der Waals surface area (Å²) in [6.07, 6.45) is 0.608. The second kappa shape index (κ2) is 8.56. The van der Waals surface area contributed by atoms with E-state index >= 15 is 0 Å². The van der Waals surface area contributed by atoms with Crippen molar-refractivity contribution in [2.75, 3.05) is 25.1 Å². The lowest BCUT2D eigenvalue weighted by atomic mass is 9.78. The van der Waals surface area contributed by atoms with Crippen LogP contribution in [0.3, 0.4) is 0 Å². The molecule has 7 heteroatoms. The van der Waals surface area contributed by atoms with Crippen molar-refractivity contribution in [1.29, 1.82) is 5.26 Å². The molecular formula is C24H27N3O4. The van der Waals surface area contributed by atoms with Gasteiger partial charge in [0.25, 0.3) is 0 Å². The number of aryl methyl sites for hydroxylation is 2. The fourth-order valence-electron chi connectivity index (χ4n) is 4.81. The smallest absolute Gasteiger partial charge is 0.337 e. The number of ether oxygens (including phenoxy) is 2. The Morgan fingerprint density at radius 3 is 2.48 bits per heavy atom. The molecule has 0 bridgehead atoms. The number of carbonyl (C=O) groups is 1. The fraction of sp³-hybridized carbons (Fsp3) is 0.458. The first kappa shape index (κ1) is 21.1. The third-order valence-corrected chi connectivity index (χ3v) is 6.47. The Labute approximate surface area is 182 Å². The molecule has 0 unspecified atom stereocenters. The standard InChI is InChI=1S/C24H27N3O4/c1-14-8-23(26-15(2)20(14)11-25)27-12-17-9-21(28)22(10-18(17)13-27)31-19-6-4-16(5-7-19)24(29)30-3/h4-8,17-18,21-22,28H,9-10,12-13H2,1-3H3/t17-,18+,21-,22-/m0/s1. The molecule has 162 valence electrons. The molecule has 1 saturated carbocycles. The summed E-state index contributed by atoms with van der Waals surface area (Å²) in [4.78, 5) is 18.5. The molecule has 0 spiro atoms. The first-order valence-electron chi connectivity index (χ1n) is 10.6. The van der Waals surface area contributed by atoms with Crippen LogP contribution in [-0.2, 0) is 4.74 Å². The van der Waals surface area contributed by atoms with Crippen molar-refractivity contribution in [3.8, 4) is 11.8 Å². The van der Waals surface area contributed by atoms with Crippen molar-refractivity contribution < 1.29 is 19.4 Å². The number of pyridine rings is 1. The van der Waals surface area contributed by atoms with Crippen LogP contribution in [0.2, 0.25) is 0 Å². The van der Waals surface area contributed by atoms with Gasteiger partial charge in [0.2, 0.25) is 0 Å². The second-order valence-electron chi connectivity index (χ2n) is 8.51. The summed E-state index contributed by atoms with van der Waals surface area (Å²) in [7, 11) is 1.35. The number of anilines is 1. The summed E-state index contributed by atoms with van der Waals surface area (Å²) in [6, 6.07) is 11.0. The number of esters is 1. The normalized spacial score (nSPS) is 24.9. The monoisotopic (exact) mass is 421 g/mol. The van der Waals surface area contributed by atoms with Crippen molar-refractivity contribution in [2.45, 2.75) is 38.9 Å². The van der Waals surface area contributed by atoms with E-state index in [4.69, 9.17) is 9.47 Å². The van der Waals surface area contributed by atoms with Gasteiger partial charge >= 0.3 is 5.97 Å². The van der Waals surface area contributed by atoms with Crippen molar-refractivity contribution >= 4 is 11.8 Å². The Hall–Kier alpha value is -3.11. The van der Waals surface area contributed by atoms with Gasteiger partial charge in [-0.3, -0.25) is 0 Å². The number of rotatable bonds is 4. The number of hydrogen-bond donors (Lipinski definition) is 1. The molecule has 31 heavy (non-hydrogen) atoms. The van der Waals surface area contributed by atoms with Crippen molar-refractivity contribution in [1.82, 2.24) is 4.98 Å². The van der Waals surface area contributed by atoms with Crippen LogP contribution in [0.4, 0.5) is 5.82 Å². The molecule has 4 atom stereocenters. The maximum absolute atomic E-state index is 11.6. The lowest BCUT2D eigenvalue weighted by Gasteiger charge is -2.35. The van der Waals surface area contributed by atoms with E-state index in [1.165, 1.54) is 7.11 Å². The predicted molar refractivity (Wildman–Crippen MR) is 115 cm³/mol. The van der Waals surface area contributed by atoms with E-state index in [1.807, 2.05) is 19.9 Å². The zero-order valence-electron chi connectivity index (χ0n) is 18.0. The molecule has 0 amide bonds. The molecule has 1 aromatic carbocycles. The van der Waals surface area contributed by atoms with Crippen molar-refractivity contribution in [3.63, 3.8) is 0 Å². The zero-order chi connectivity index (χ0) is 22.1. The van der Waals surface area contributed by atoms with Crippen LogP contribution >= 0.6 is 0 Å². The van der Waals surface area contributed by atoms with Crippen molar-refractivity contribution in [3.05, 3.63) is 52.7 Å². The van der Waals surface area contributed by atoms with Gasteiger partial charge in [0.05, 0.1) is 30.0 Å². The number of nitriles is 1. The van der Waals surface area contributed by atoms with E-state index in [0.29, 0.717) is 35.1 Å². The van der Waals surface area contributed by atoms with Gasteiger partial charge < -0.3 is 19.5 Å². The van der Waals surface area contributed by atoms with E-state index < -0.39 is 6.10 Å². The lowest BCUT2D eigenvalue weighted by molar-refractivity contribution is -0.0231. The number of aliphatic hydroxyl groups is 1. The van der Waals surface area contributed by atoms with Crippen molar-refractivity contribution in [2.24, 2.45) is 11.8 Å². The highest BCUT2D eigenvalue weighted by Gasteiger charge is 2.43. The summed E-state index contributed by atoms with van der Waals surface area (Å²) in [5.41, 5.74) is 2.80. The predicted octanol–water partition coefficient (Wildman–Crippen LogP) is 3.01. The van der Waals surface area contributed by atoms with Gasteiger partial charge in [-0.2, -0.15) is 5.26 Å². The van der Waals surface area contributed by atoms with Crippen LogP contribution in [0.15, 0.2) is 30.3 Å². The summed E-state index contributed by atoms with van der Waals surface area (Å²) in [5, 5.41) is 20.0. The van der Waals surface area contributed by atoms with E-state index in [1.54, 1.807) is 24.3 Å². The molecule has 2 aromatic rings. The molecule has 2 heterocycles. The van der Waals surface area contributed by atoms with Crippen LogP contribution in [-0.4, -0.2) is 48.5 Å². The Morgan fingerprint density at radius 1 is 1.19 bits per heavy atom. The SMILES string of the molecule is COC(=O)c1ccc(O[C@H]2C[C@@H]3CN(c4cc(C)c(C#N)c(C)n4)C[C@@H]3C[C@@H]2O)cc1. The Bertz CT molecular complexity index is 991. The van der Waals surface area contributed by atoms with Crippen LogP contribution in [0.1, 0.15) is 40.0 Å².